The molecule has 20 heavy (non-hydrogen) atoms. The van der Waals surface area contributed by atoms with Gasteiger partial charge in [-0.2, -0.15) is 0 Å². The predicted molar refractivity (Wildman–Crippen MR) is 86.1 cm³/mol. The van der Waals surface area contributed by atoms with E-state index in [2.05, 4.69) is 39.9 Å². The third-order valence-electron chi connectivity index (χ3n) is 4.84. The van der Waals surface area contributed by atoms with Crippen LogP contribution in [-0.2, 0) is 11.0 Å². The summed E-state index contributed by atoms with van der Waals surface area (Å²) in [6.45, 7) is 11.9. The summed E-state index contributed by atoms with van der Waals surface area (Å²) in [5.41, 5.74) is 2.21. The van der Waals surface area contributed by atoms with Gasteiger partial charge in [0, 0.05) is 0 Å². The van der Waals surface area contributed by atoms with Gasteiger partial charge in [0.15, 0.2) is 8.32 Å². The van der Waals surface area contributed by atoms with Crippen molar-refractivity contribution in [3.05, 3.63) is 35.4 Å². The van der Waals surface area contributed by atoms with E-state index in [0.717, 1.165) is 24.0 Å². The Bertz CT molecular complexity index is 458. The number of hydrogen-bond donors (Lipinski definition) is 1. The van der Waals surface area contributed by atoms with Gasteiger partial charge in [-0.05, 0) is 48.0 Å². The number of benzene rings is 1. The molecule has 2 nitrogen and oxygen atoms in total. The molecule has 1 aromatic carbocycles. The standard InChI is InChI=1S/C17H28O2Si/c1-17(2,3)20(4,5)19-12-14-8-6-7-9-15(14)16(18)13-10-11-13/h6-9,13,16,18H,10-12H2,1-5H3. The van der Waals surface area contributed by atoms with Crippen molar-refractivity contribution < 1.29 is 9.53 Å². The molecular weight excluding hydrogens is 264 g/mol. The fraction of sp³-hybridized carbons (Fsp3) is 0.647. The first-order valence-corrected chi connectivity index (χ1v) is 10.5. The molecule has 0 heterocycles. The number of aliphatic hydroxyl groups excluding tert-OH is 1. The van der Waals surface area contributed by atoms with Crippen LogP contribution in [0.2, 0.25) is 18.1 Å². The predicted octanol–water partition coefficient (Wildman–Crippen LogP) is 4.65. The van der Waals surface area contributed by atoms with Crippen molar-refractivity contribution in [3.8, 4) is 0 Å². The van der Waals surface area contributed by atoms with E-state index in [4.69, 9.17) is 4.43 Å². The average Bonchev–Trinajstić information content (AvgIpc) is 3.19. The first-order chi connectivity index (χ1) is 9.22. The Kier molecular flexibility index (Phi) is 4.43. The van der Waals surface area contributed by atoms with Gasteiger partial charge in [0.2, 0.25) is 0 Å². The van der Waals surface area contributed by atoms with Gasteiger partial charge < -0.3 is 9.53 Å². The van der Waals surface area contributed by atoms with Crippen LogP contribution in [0.15, 0.2) is 24.3 Å². The maximum absolute atomic E-state index is 10.4. The maximum atomic E-state index is 10.4. The summed E-state index contributed by atoms with van der Waals surface area (Å²) >= 11 is 0. The fourth-order valence-corrected chi connectivity index (χ4v) is 3.04. The zero-order valence-corrected chi connectivity index (χ0v) is 14.4. The molecule has 1 unspecified atom stereocenters. The van der Waals surface area contributed by atoms with Crippen LogP contribution in [0.5, 0.6) is 0 Å². The van der Waals surface area contributed by atoms with Gasteiger partial charge >= 0.3 is 0 Å². The maximum Gasteiger partial charge on any atom is 0.192 e. The summed E-state index contributed by atoms with van der Waals surface area (Å²) in [5.74, 6) is 0.462. The van der Waals surface area contributed by atoms with E-state index >= 15 is 0 Å². The lowest BCUT2D eigenvalue weighted by Gasteiger charge is -2.36. The van der Waals surface area contributed by atoms with Crippen LogP contribution < -0.4 is 0 Å². The first-order valence-electron chi connectivity index (χ1n) is 7.62. The van der Waals surface area contributed by atoms with Gasteiger partial charge in [-0.3, -0.25) is 0 Å². The Hall–Kier alpha value is -0.643. The van der Waals surface area contributed by atoms with Gasteiger partial charge in [-0.25, -0.2) is 0 Å². The molecule has 1 saturated carbocycles. The monoisotopic (exact) mass is 292 g/mol. The van der Waals surface area contributed by atoms with Gasteiger partial charge in [0.25, 0.3) is 0 Å². The summed E-state index contributed by atoms with van der Waals surface area (Å²) < 4.78 is 6.30. The molecule has 3 heteroatoms. The Labute approximate surface area is 124 Å². The van der Waals surface area contributed by atoms with Crippen molar-refractivity contribution in [2.24, 2.45) is 5.92 Å². The minimum Gasteiger partial charge on any atom is -0.413 e. The highest BCUT2D eigenvalue weighted by Gasteiger charge is 2.37. The third-order valence-corrected chi connectivity index (χ3v) is 9.32. The van der Waals surface area contributed by atoms with Crippen LogP contribution in [0.3, 0.4) is 0 Å². The average molecular weight is 292 g/mol. The number of rotatable bonds is 5. The highest BCUT2D eigenvalue weighted by Crippen LogP contribution is 2.42. The summed E-state index contributed by atoms with van der Waals surface area (Å²) in [6, 6.07) is 8.19. The second-order valence-electron chi connectivity index (χ2n) is 7.53. The molecule has 1 aliphatic carbocycles. The number of aliphatic hydroxyl groups is 1. The molecule has 0 aromatic heterocycles. The van der Waals surface area contributed by atoms with Crippen LogP contribution in [-0.4, -0.2) is 13.4 Å². The van der Waals surface area contributed by atoms with Crippen LogP contribution in [0.4, 0.5) is 0 Å². The van der Waals surface area contributed by atoms with Crippen LogP contribution in [0.25, 0.3) is 0 Å². The number of hydrogen-bond acceptors (Lipinski definition) is 2. The quantitative estimate of drug-likeness (QED) is 0.800. The SMILES string of the molecule is CC(C)(C)[Si](C)(C)OCc1ccccc1C(O)C1CC1. The Morgan fingerprint density at radius 3 is 2.40 bits per heavy atom. The molecule has 112 valence electrons. The van der Waals surface area contributed by atoms with Crippen LogP contribution in [0.1, 0.15) is 50.8 Å². The van der Waals surface area contributed by atoms with Crippen molar-refractivity contribution in [2.75, 3.05) is 0 Å². The van der Waals surface area contributed by atoms with Crippen molar-refractivity contribution in [1.29, 1.82) is 0 Å². The molecule has 1 atom stereocenters. The van der Waals surface area contributed by atoms with Crippen molar-refractivity contribution >= 4 is 8.32 Å². The second-order valence-corrected chi connectivity index (χ2v) is 12.3. The summed E-state index contributed by atoms with van der Waals surface area (Å²) in [5, 5.41) is 10.6. The van der Waals surface area contributed by atoms with E-state index < -0.39 is 8.32 Å². The zero-order chi connectivity index (χ0) is 15.0. The van der Waals surface area contributed by atoms with Gasteiger partial charge in [0.1, 0.15) is 0 Å². The lowest BCUT2D eigenvalue weighted by atomic mass is 10.00. The van der Waals surface area contributed by atoms with Crippen molar-refractivity contribution in [1.82, 2.24) is 0 Å². The Balaban J connectivity index is 2.10. The van der Waals surface area contributed by atoms with Crippen molar-refractivity contribution in [2.45, 2.75) is 64.5 Å². The summed E-state index contributed by atoms with van der Waals surface area (Å²) in [6.07, 6.45) is 1.99. The molecule has 2 rings (SSSR count). The minimum atomic E-state index is -1.74. The normalized spacial score (nSPS) is 18.1. The lowest BCUT2D eigenvalue weighted by molar-refractivity contribution is 0.150. The van der Waals surface area contributed by atoms with E-state index in [1.165, 1.54) is 0 Å². The Morgan fingerprint density at radius 1 is 1.25 bits per heavy atom. The molecule has 1 fully saturated rings. The van der Waals surface area contributed by atoms with Gasteiger partial charge in [0.05, 0.1) is 12.7 Å². The molecule has 0 radical (unpaired) electrons. The zero-order valence-electron chi connectivity index (χ0n) is 13.4. The van der Waals surface area contributed by atoms with E-state index in [1.807, 2.05) is 18.2 Å². The van der Waals surface area contributed by atoms with E-state index in [-0.39, 0.29) is 11.1 Å². The topological polar surface area (TPSA) is 29.5 Å². The van der Waals surface area contributed by atoms with E-state index in [1.54, 1.807) is 0 Å². The molecule has 0 aliphatic heterocycles. The molecule has 0 bridgehead atoms. The smallest absolute Gasteiger partial charge is 0.192 e. The molecule has 0 spiro atoms. The molecule has 1 N–H and O–H groups in total. The molecule has 0 amide bonds. The molecule has 1 aromatic rings. The fourth-order valence-electron chi connectivity index (χ4n) is 2.09. The summed E-state index contributed by atoms with van der Waals surface area (Å²) in [7, 11) is -1.74. The third kappa shape index (κ3) is 3.51. The van der Waals surface area contributed by atoms with E-state index in [0.29, 0.717) is 12.5 Å². The van der Waals surface area contributed by atoms with Crippen LogP contribution >= 0.6 is 0 Å². The molecule has 1 aliphatic rings. The van der Waals surface area contributed by atoms with Gasteiger partial charge in [-0.15, -0.1) is 0 Å². The summed E-state index contributed by atoms with van der Waals surface area (Å²) in [4.78, 5) is 0. The van der Waals surface area contributed by atoms with Crippen LogP contribution in [0, 0.1) is 5.92 Å². The highest BCUT2D eigenvalue weighted by atomic mass is 28.4. The lowest BCUT2D eigenvalue weighted by Crippen LogP contribution is -2.40. The largest absolute Gasteiger partial charge is 0.413 e. The minimum absolute atomic E-state index is 0.219. The molecule has 0 saturated heterocycles. The highest BCUT2D eigenvalue weighted by molar-refractivity contribution is 6.74. The second kappa shape index (κ2) is 5.62. The van der Waals surface area contributed by atoms with Crippen molar-refractivity contribution in [3.63, 3.8) is 0 Å². The Morgan fingerprint density at radius 2 is 1.85 bits per heavy atom. The van der Waals surface area contributed by atoms with E-state index in [9.17, 15) is 5.11 Å². The molecular formula is C17H28O2Si. The first kappa shape index (κ1) is 15.7. The van der Waals surface area contributed by atoms with Gasteiger partial charge in [-0.1, -0.05) is 45.0 Å².